The summed E-state index contributed by atoms with van der Waals surface area (Å²) in [5.41, 5.74) is 5.89. The third-order valence-electron chi connectivity index (χ3n) is 3.90. The summed E-state index contributed by atoms with van der Waals surface area (Å²) in [6.07, 6.45) is 3.95. The molecule has 0 aliphatic carbocycles. The summed E-state index contributed by atoms with van der Waals surface area (Å²) in [6, 6.07) is 19.8. The van der Waals surface area contributed by atoms with Gasteiger partial charge in [-0.05, 0) is 53.5 Å². The van der Waals surface area contributed by atoms with Crippen molar-refractivity contribution in [1.82, 2.24) is 4.98 Å². The van der Waals surface area contributed by atoms with E-state index in [1.807, 2.05) is 67.7 Å². The highest BCUT2D eigenvalue weighted by molar-refractivity contribution is 9.10. The van der Waals surface area contributed by atoms with E-state index in [1.54, 1.807) is 0 Å². The quantitative estimate of drug-likeness (QED) is 0.434. The Morgan fingerprint density at radius 1 is 1.15 bits per heavy atom. The standard InChI is InChI=1S/C21H18BrNO2S/c1-15-5-10-21(23-13-15)20(12-17-3-2-4-19(22)11-17)18-8-6-16(7-9-18)14-26(24)25/h2-13H,14H2,1H3,(H,24,25). The molecule has 0 bridgehead atoms. The average molecular weight is 428 g/mol. The fourth-order valence-corrected chi connectivity index (χ4v) is 3.51. The molecule has 1 aromatic heterocycles. The summed E-state index contributed by atoms with van der Waals surface area (Å²) in [5.74, 6) is 0.133. The lowest BCUT2D eigenvalue weighted by molar-refractivity contribution is 0.563. The zero-order chi connectivity index (χ0) is 18.5. The van der Waals surface area contributed by atoms with Crippen LogP contribution in [0.25, 0.3) is 11.6 Å². The van der Waals surface area contributed by atoms with Gasteiger partial charge in [-0.3, -0.25) is 4.98 Å². The maximum Gasteiger partial charge on any atom is 0.157 e. The van der Waals surface area contributed by atoms with Crippen LogP contribution in [0.1, 0.15) is 27.9 Å². The molecule has 2 aromatic carbocycles. The second-order valence-corrected chi connectivity index (χ2v) is 7.84. The minimum Gasteiger partial charge on any atom is -0.306 e. The van der Waals surface area contributed by atoms with Crippen molar-refractivity contribution in [3.8, 4) is 0 Å². The van der Waals surface area contributed by atoms with Gasteiger partial charge in [0.05, 0.1) is 11.4 Å². The van der Waals surface area contributed by atoms with E-state index in [0.717, 1.165) is 38.0 Å². The van der Waals surface area contributed by atoms with Gasteiger partial charge in [0.25, 0.3) is 0 Å². The molecule has 3 nitrogen and oxygen atoms in total. The highest BCUT2D eigenvalue weighted by Crippen LogP contribution is 2.26. The van der Waals surface area contributed by atoms with E-state index in [9.17, 15) is 4.21 Å². The summed E-state index contributed by atoms with van der Waals surface area (Å²) in [5, 5.41) is 0. The lowest BCUT2D eigenvalue weighted by atomic mass is 9.98. The van der Waals surface area contributed by atoms with E-state index in [4.69, 9.17) is 4.55 Å². The van der Waals surface area contributed by atoms with Crippen LogP contribution in [0.4, 0.5) is 0 Å². The first-order chi connectivity index (χ1) is 12.5. The van der Waals surface area contributed by atoms with Crippen molar-refractivity contribution in [2.24, 2.45) is 0 Å². The molecule has 0 radical (unpaired) electrons. The molecular formula is C21H18BrNO2S. The van der Waals surface area contributed by atoms with Gasteiger partial charge in [-0.1, -0.05) is 58.4 Å². The normalized spacial score (nSPS) is 12.8. The van der Waals surface area contributed by atoms with Crippen LogP contribution >= 0.6 is 15.9 Å². The first kappa shape index (κ1) is 18.7. The number of hydrogen-bond donors (Lipinski definition) is 1. The lowest BCUT2D eigenvalue weighted by Crippen LogP contribution is -1.95. The molecule has 0 saturated carbocycles. The predicted octanol–water partition coefficient (Wildman–Crippen LogP) is 5.46. The van der Waals surface area contributed by atoms with Crippen molar-refractivity contribution >= 4 is 38.7 Å². The summed E-state index contributed by atoms with van der Waals surface area (Å²) in [4.78, 5) is 4.58. The van der Waals surface area contributed by atoms with Gasteiger partial charge in [-0.2, -0.15) is 0 Å². The van der Waals surface area contributed by atoms with Crippen LogP contribution < -0.4 is 0 Å². The van der Waals surface area contributed by atoms with Crippen LogP contribution in [-0.4, -0.2) is 13.7 Å². The second-order valence-electron chi connectivity index (χ2n) is 6.00. The van der Waals surface area contributed by atoms with E-state index in [0.29, 0.717) is 0 Å². The van der Waals surface area contributed by atoms with E-state index < -0.39 is 11.1 Å². The minimum atomic E-state index is -1.84. The Balaban J connectivity index is 2.05. The SMILES string of the molecule is Cc1ccc(C(=Cc2cccc(Br)c2)c2ccc(CS(=O)O)cc2)nc1. The van der Waals surface area contributed by atoms with E-state index in [2.05, 4.69) is 33.1 Å². The summed E-state index contributed by atoms with van der Waals surface area (Å²) in [6.45, 7) is 2.01. The monoisotopic (exact) mass is 427 g/mol. The molecule has 1 N–H and O–H groups in total. The van der Waals surface area contributed by atoms with Crippen LogP contribution in [0.15, 0.2) is 71.3 Å². The molecule has 0 amide bonds. The number of halogens is 1. The van der Waals surface area contributed by atoms with Gasteiger partial charge in [-0.25, -0.2) is 4.21 Å². The van der Waals surface area contributed by atoms with Crippen molar-refractivity contribution < 1.29 is 8.76 Å². The molecule has 0 aliphatic heterocycles. The van der Waals surface area contributed by atoms with Crippen molar-refractivity contribution in [2.45, 2.75) is 12.7 Å². The van der Waals surface area contributed by atoms with Gasteiger partial charge >= 0.3 is 0 Å². The van der Waals surface area contributed by atoms with Crippen molar-refractivity contribution in [3.05, 3.63) is 99.3 Å². The molecular weight excluding hydrogens is 410 g/mol. The minimum absolute atomic E-state index is 0.133. The number of benzene rings is 2. The Hall–Kier alpha value is -2.08. The Bertz CT molecular complexity index is 951. The maximum atomic E-state index is 11.0. The van der Waals surface area contributed by atoms with Crippen molar-refractivity contribution in [2.75, 3.05) is 0 Å². The van der Waals surface area contributed by atoms with E-state index in [-0.39, 0.29) is 5.75 Å². The van der Waals surface area contributed by atoms with Crippen LogP contribution in [0.3, 0.4) is 0 Å². The fraction of sp³-hybridized carbons (Fsp3) is 0.0952. The zero-order valence-corrected chi connectivity index (χ0v) is 16.6. The number of rotatable bonds is 5. The molecule has 3 rings (SSSR count). The molecule has 0 aliphatic rings. The van der Waals surface area contributed by atoms with Crippen LogP contribution in [0, 0.1) is 6.92 Å². The summed E-state index contributed by atoms with van der Waals surface area (Å²) < 4.78 is 21.1. The highest BCUT2D eigenvalue weighted by Gasteiger charge is 2.08. The third kappa shape index (κ3) is 4.97. The molecule has 0 fully saturated rings. The maximum absolute atomic E-state index is 11.0. The number of pyridine rings is 1. The summed E-state index contributed by atoms with van der Waals surface area (Å²) >= 11 is 1.67. The predicted molar refractivity (Wildman–Crippen MR) is 111 cm³/mol. The Kier molecular flexibility index (Phi) is 6.14. The molecule has 1 unspecified atom stereocenters. The van der Waals surface area contributed by atoms with Gasteiger partial charge in [0.15, 0.2) is 11.1 Å². The van der Waals surface area contributed by atoms with Gasteiger partial charge < -0.3 is 4.55 Å². The highest BCUT2D eigenvalue weighted by atomic mass is 79.9. The Labute approximate surface area is 164 Å². The smallest absolute Gasteiger partial charge is 0.157 e. The summed E-state index contributed by atoms with van der Waals surface area (Å²) in [7, 11) is 0. The van der Waals surface area contributed by atoms with Crippen molar-refractivity contribution in [1.29, 1.82) is 0 Å². The molecule has 0 spiro atoms. The average Bonchev–Trinajstić information content (AvgIpc) is 2.61. The number of hydrogen-bond acceptors (Lipinski definition) is 2. The molecule has 132 valence electrons. The van der Waals surface area contributed by atoms with Gasteiger partial charge in [0.1, 0.15) is 0 Å². The number of aromatic nitrogens is 1. The molecule has 1 atom stereocenters. The second kappa shape index (κ2) is 8.54. The van der Waals surface area contributed by atoms with Crippen LogP contribution in [0.5, 0.6) is 0 Å². The van der Waals surface area contributed by atoms with Crippen molar-refractivity contribution in [3.63, 3.8) is 0 Å². The molecule has 1 heterocycles. The lowest BCUT2D eigenvalue weighted by Gasteiger charge is -2.10. The fourth-order valence-electron chi connectivity index (χ4n) is 2.62. The van der Waals surface area contributed by atoms with Gasteiger partial charge in [-0.15, -0.1) is 0 Å². The largest absolute Gasteiger partial charge is 0.306 e. The Morgan fingerprint density at radius 3 is 2.54 bits per heavy atom. The molecule has 26 heavy (non-hydrogen) atoms. The van der Waals surface area contributed by atoms with E-state index in [1.165, 1.54) is 0 Å². The number of nitrogens with zero attached hydrogens (tertiary/aromatic N) is 1. The van der Waals surface area contributed by atoms with Gasteiger partial charge in [0.2, 0.25) is 0 Å². The van der Waals surface area contributed by atoms with Crippen LogP contribution in [0.2, 0.25) is 0 Å². The third-order valence-corrected chi connectivity index (χ3v) is 4.98. The first-order valence-corrected chi connectivity index (χ1v) is 10.2. The molecule has 5 heteroatoms. The Morgan fingerprint density at radius 2 is 1.92 bits per heavy atom. The number of aryl methyl sites for hydroxylation is 1. The zero-order valence-electron chi connectivity index (χ0n) is 14.2. The molecule has 3 aromatic rings. The topological polar surface area (TPSA) is 50.2 Å². The first-order valence-electron chi connectivity index (χ1n) is 8.08. The van der Waals surface area contributed by atoms with Crippen LogP contribution in [-0.2, 0) is 16.8 Å². The van der Waals surface area contributed by atoms with Gasteiger partial charge in [0, 0.05) is 16.2 Å². The van der Waals surface area contributed by atoms with E-state index >= 15 is 0 Å². The molecule has 0 saturated heterocycles.